The van der Waals surface area contributed by atoms with Crippen LogP contribution in [0, 0.1) is 19.7 Å². The van der Waals surface area contributed by atoms with E-state index in [4.69, 9.17) is 5.73 Å². The molecule has 1 aromatic carbocycles. The first-order chi connectivity index (χ1) is 8.97. The Bertz CT molecular complexity index is 582. The second-order valence-corrected chi connectivity index (χ2v) is 5.58. The molecule has 2 rings (SSSR count). The number of hydrogen-bond acceptors (Lipinski definition) is 4. The lowest BCUT2D eigenvalue weighted by Gasteiger charge is -2.13. The van der Waals surface area contributed by atoms with Crippen molar-refractivity contribution in [3.8, 4) is 0 Å². The highest BCUT2D eigenvalue weighted by Gasteiger charge is 2.13. The fraction of sp³-hybridized carbons (Fsp3) is 0.286. The molecule has 1 atom stereocenters. The number of hydrogen-bond donors (Lipinski definition) is 1. The lowest BCUT2D eigenvalue weighted by Crippen LogP contribution is -2.07. The van der Waals surface area contributed by atoms with Crippen molar-refractivity contribution in [2.75, 3.05) is 0 Å². The zero-order valence-electron chi connectivity index (χ0n) is 11.1. The molecule has 0 bridgehead atoms. The molecular weight excluding hydrogens is 261 g/mol. The van der Waals surface area contributed by atoms with Gasteiger partial charge in [0.25, 0.3) is 0 Å². The zero-order chi connectivity index (χ0) is 14.0. The van der Waals surface area contributed by atoms with Gasteiger partial charge >= 0.3 is 0 Å². The molecule has 1 aromatic heterocycles. The average molecular weight is 277 g/mol. The van der Waals surface area contributed by atoms with E-state index in [0.29, 0.717) is 10.7 Å². The van der Waals surface area contributed by atoms with Crippen LogP contribution >= 0.6 is 11.8 Å². The van der Waals surface area contributed by atoms with Crippen LogP contribution in [0.15, 0.2) is 34.6 Å². The number of benzene rings is 1. The molecule has 3 nitrogen and oxygen atoms in total. The van der Waals surface area contributed by atoms with Crippen LogP contribution in [0.25, 0.3) is 0 Å². The number of aromatic nitrogens is 2. The van der Waals surface area contributed by atoms with Gasteiger partial charge in [-0.2, -0.15) is 0 Å². The molecule has 0 saturated heterocycles. The number of halogens is 1. The minimum atomic E-state index is -0.235. The topological polar surface area (TPSA) is 51.8 Å². The van der Waals surface area contributed by atoms with Crippen LogP contribution < -0.4 is 5.73 Å². The monoisotopic (exact) mass is 277 g/mol. The number of nitrogens with zero attached hydrogens (tertiary/aromatic N) is 2. The van der Waals surface area contributed by atoms with E-state index in [1.807, 2.05) is 13.8 Å². The van der Waals surface area contributed by atoms with E-state index >= 15 is 0 Å². The van der Waals surface area contributed by atoms with Crippen molar-refractivity contribution in [2.24, 2.45) is 5.73 Å². The minimum Gasteiger partial charge on any atom is -0.324 e. The van der Waals surface area contributed by atoms with E-state index in [-0.39, 0.29) is 11.9 Å². The van der Waals surface area contributed by atoms with Crippen molar-refractivity contribution in [3.05, 3.63) is 47.0 Å². The van der Waals surface area contributed by atoms with Crippen LogP contribution in [0.3, 0.4) is 0 Å². The van der Waals surface area contributed by atoms with E-state index in [1.54, 1.807) is 25.4 Å². The van der Waals surface area contributed by atoms with Gasteiger partial charge in [-0.3, -0.25) is 0 Å². The summed E-state index contributed by atoms with van der Waals surface area (Å²) in [5, 5.41) is 0.638. The van der Waals surface area contributed by atoms with Gasteiger partial charge in [0.15, 0.2) is 5.16 Å². The van der Waals surface area contributed by atoms with Crippen LogP contribution in [-0.2, 0) is 0 Å². The lowest BCUT2D eigenvalue weighted by atomic mass is 10.1. The molecule has 0 spiro atoms. The highest BCUT2D eigenvalue weighted by Crippen LogP contribution is 2.32. The van der Waals surface area contributed by atoms with E-state index in [0.717, 1.165) is 16.0 Å². The molecule has 100 valence electrons. The molecule has 0 unspecified atom stereocenters. The van der Waals surface area contributed by atoms with Gasteiger partial charge in [0, 0.05) is 23.3 Å². The Morgan fingerprint density at radius 3 is 2.42 bits per heavy atom. The Kier molecular flexibility index (Phi) is 4.17. The molecule has 2 N–H and O–H groups in total. The van der Waals surface area contributed by atoms with Crippen LogP contribution in [0.2, 0.25) is 0 Å². The molecule has 0 amide bonds. The molecule has 0 aliphatic rings. The van der Waals surface area contributed by atoms with Gasteiger partial charge in [0.1, 0.15) is 5.82 Å². The van der Waals surface area contributed by atoms with Gasteiger partial charge in [-0.15, -0.1) is 0 Å². The molecule has 0 aliphatic heterocycles. The largest absolute Gasteiger partial charge is 0.324 e. The van der Waals surface area contributed by atoms with Gasteiger partial charge in [-0.25, -0.2) is 14.4 Å². The molecule has 0 aliphatic carbocycles. The number of aryl methyl sites for hydroxylation is 2. The first-order valence-corrected chi connectivity index (χ1v) is 6.81. The van der Waals surface area contributed by atoms with Crippen LogP contribution in [0.1, 0.15) is 29.7 Å². The van der Waals surface area contributed by atoms with Crippen LogP contribution in [-0.4, -0.2) is 9.97 Å². The van der Waals surface area contributed by atoms with E-state index in [2.05, 4.69) is 9.97 Å². The molecule has 1 heterocycles. The van der Waals surface area contributed by atoms with Crippen molar-refractivity contribution >= 4 is 11.8 Å². The first kappa shape index (κ1) is 14.0. The van der Waals surface area contributed by atoms with Crippen molar-refractivity contribution in [1.29, 1.82) is 0 Å². The molecular formula is C14H16FN3S. The first-order valence-electron chi connectivity index (χ1n) is 5.99. The van der Waals surface area contributed by atoms with E-state index in [1.165, 1.54) is 17.8 Å². The summed E-state index contributed by atoms with van der Waals surface area (Å²) in [5.41, 5.74) is 8.27. The maximum atomic E-state index is 13.6. The Morgan fingerprint density at radius 1 is 1.21 bits per heavy atom. The second kappa shape index (κ2) is 5.67. The lowest BCUT2D eigenvalue weighted by molar-refractivity contribution is 0.610. The normalized spacial score (nSPS) is 12.5. The quantitative estimate of drug-likeness (QED) is 0.874. The Hall–Kier alpha value is -1.46. The van der Waals surface area contributed by atoms with Gasteiger partial charge < -0.3 is 5.73 Å². The van der Waals surface area contributed by atoms with Gasteiger partial charge in [0.2, 0.25) is 0 Å². The third-order valence-corrected chi connectivity index (χ3v) is 3.71. The number of nitrogens with two attached hydrogens (primary N) is 1. The van der Waals surface area contributed by atoms with Crippen molar-refractivity contribution in [3.63, 3.8) is 0 Å². The second-order valence-electron chi connectivity index (χ2n) is 4.57. The van der Waals surface area contributed by atoms with Crippen LogP contribution in [0.4, 0.5) is 4.39 Å². The van der Waals surface area contributed by atoms with Crippen molar-refractivity contribution in [1.82, 2.24) is 9.97 Å². The summed E-state index contributed by atoms with van der Waals surface area (Å²) >= 11 is 1.41. The summed E-state index contributed by atoms with van der Waals surface area (Å²) in [6, 6.07) is 3.06. The predicted octanol–water partition coefficient (Wildman–Crippen LogP) is 3.40. The fourth-order valence-corrected chi connectivity index (χ4v) is 2.65. The summed E-state index contributed by atoms with van der Waals surface area (Å²) < 4.78 is 13.6. The zero-order valence-corrected chi connectivity index (χ0v) is 12.0. The third kappa shape index (κ3) is 3.30. The highest BCUT2D eigenvalue weighted by molar-refractivity contribution is 7.99. The van der Waals surface area contributed by atoms with Gasteiger partial charge in [-0.05, 0) is 61.4 Å². The van der Waals surface area contributed by atoms with Crippen LogP contribution in [0.5, 0.6) is 0 Å². The molecule has 19 heavy (non-hydrogen) atoms. The minimum absolute atomic E-state index is 0.233. The Labute approximate surface area is 116 Å². The predicted molar refractivity (Wildman–Crippen MR) is 74.6 cm³/mol. The fourth-order valence-electron chi connectivity index (χ4n) is 1.65. The van der Waals surface area contributed by atoms with Crippen molar-refractivity contribution in [2.45, 2.75) is 36.9 Å². The summed E-state index contributed by atoms with van der Waals surface area (Å²) in [4.78, 5) is 9.39. The smallest absolute Gasteiger partial charge is 0.192 e. The maximum absolute atomic E-state index is 13.6. The standard InChI is InChI=1S/C14H16FN3S/c1-8-6-17-14(18-7-8)19-13-4-9(2)12(15)5-11(13)10(3)16/h4-7,10H,16H2,1-3H3/t10-/m0/s1. The molecule has 5 heteroatoms. The highest BCUT2D eigenvalue weighted by atomic mass is 32.2. The SMILES string of the molecule is Cc1cnc(Sc2cc(C)c(F)cc2[C@H](C)N)nc1. The third-order valence-electron chi connectivity index (χ3n) is 2.74. The summed E-state index contributed by atoms with van der Waals surface area (Å²) in [6.45, 7) is 5.51. The average Bonchev–Trinajstić information content (AvgIpc) is 2.36. The maximum Gasteiger partial charge on any atom is 0.192 e. The molecule has 0 radical (unpaired) electrons. The Morgan fingerprint density at radius 2 is 1.84 bits per heavy atom. The molecule has 0 saturated carbocycles. The number of rotatable bonds is 3. The molecule has 0 fully saturated rings. The Balaban J connectivity index is 2.38. The van der Waals surface area contributed by atoms with Crippen molar-refractivity contribution < 1.29 is 4.39 Å². The summed E-state index contributed by atoms with van der Waals surface area (Å²) in [6.07, 6.45) is 3.52. The van der Waals surface area contributed by atoms with Gasteiger partial charge in [0.05, 0.1) is 0 Å². The molecule has 2 aromatic rings. The van der Waals surface area contributed by atoms with E-state index < -0.39 is 0 Å². The van der Waals surface area contributed by atoms with Gasteiger partial charge in [-0.1, -0.05) is 0 Å². The van der Waals surface area contributed by atoms with E-state index in [9.17, 15) is 4.39 Å². The summed E-state index contributed by atoms with van der Waals surface area (Å²) in [7, 11) is 0. The summed E-state index contributed by atoms with van der Waals surface area (Å²) in [5.74, 6) is -0.235.